The van der Waals surface area contributed by atoms with Crippen LogP contribution in [0.15, 0.2) is 42.5 Å². The molecular weight excluding hydrogens is 514 g/mol. The number of para-hydroxylation sites is 1. The third kappa shape index (κ3) is 9.27. The lowest BCUT2D eigenvalue weighted by atomic mass is 9.95. The number of halogens is 1. The van der Waals surface area contributed by atoms with Crippen LogP contribution in [0.4, 0.5) is 10.5 Å². The van der Waals surface area contributed by atoms with E-state index in [2.05, 4.69) is 17.6 Å². The zero-order valence-corrected chi connectivity index (χ0v) is 25.3. The maximum absolute atomic E-state index is 14.2. The molecule has 0 bridgehead atoms. The van der Waals surface area contributed by atoms with E-state index in [1.165, 1.54) is 0 Å². The molecule has 7 nitrogen and oxygen atoms in total. The van der Waals surface area contributed by atoms with Crippen LogP contribution >= 0.6 is 11.6 Å². The number of amides is 3. The van der Waals surface area contributed by atoms with Crippen LogP contribution in [-0.4, -0.2) is 41.0 Å². The average Bonchev–Trinajstić information content (AvgIpc) is 2.83. The zero-order valence-electron chi connectivity index (χ0n) is 24.6. The van der Waals surface area contributed by atoms with Gasteiger partial charge in [-0.15, -0.1) is 0 Å². The van der Waals surface area contributed by atoms with Crippen LogP contribution in [0.2, 0.25) is 5.02 Å². The molecule has 0 heterocycles. The molecule has 2 aromatic rings. The molecule has 3 amide bonds. The number of nitrogens with one attached hydrogen (secondary N) is 2. The molecule has 0 aromatic heterocycles. The van der Waals surface area contributed by atoms with E-state index in [-0.39, 0.29) is 17.7 Å². The fraction of sp³-hybridized carbons (Fsp3) is 0.516. The summed E-state index contributed by atoms with van der Waals surface area (Å²) in [5, 5.41) is 6.18. The SMILES string of the molecule is CCCCCN(C(=O)C(NC(=O)OC(C)(C)C)C(C)C)C(C(=O)Nc1c(C)cccc1Cl)c1ccccc1C. The lowest BCUT2D eigenvalue weighted by Crippen LogP contribution is -2.54. The topological polar surface area (TPSA) is 87.7 Å². The maximum atomic E-state index is 14.2. The van der Waals surface area contributed by atoms with Crippen LogP contribution in [0, 0.1) is 19.8 Å². The standard InChI is InChI=1S/C31H44ClN3O4/c1-9-10-13-19-35(29(37)25(20(2)3)34-30(38)39-31(6,7)8)27(23-17-12-11-15-21(23)4)28(36)33-26-22(5)16-14-18-24(26)32/h11-12,14-18,20,25,27H,9-10,13,19H2,1-8H3,(H,33,36)(H,34,38). The Hall–Kier alpha value is -3.06. The summed E-state index contributed by atoms with van der Waals surface area (Å²) >= 11 is 6.45. The van der Waals surface area contributed by atoms with Crippen molar-refractivity contribution in [3.05, 3.63) is 64.2 Å². The lowest BCUT2D eigenvalue weighted by molar-refractivity contribution is -0.141. The van der Waals surface area contributed by atoms with E-state index in [9.17, 15) is 14.4 Å². The Morgan fingerprint density at radius 1 is 0.974 bits per heavy atom. The van der Waals surface area contributed by atoms with Crippen molar-refractivity contribution < 1.29 is 19.1 Å². The molecule has 0 aliphatic rings. The van der Waals surface area contributed by atoms with Gasteiger partial charge in [0.05, 0.1) is 10.7 Å². The molecule has 0 saturated heterocycles. The fourth-order valence-electron chi connectivity index (χ4n) is 4.35. The van der Waals surface area contributed by atoms with Crippen LogP contribution in [0.3, 0.4) is 0 Å². The van der Waals surface area contributed by atoms with E-state index in [0.29, 0.717) is 29.2 Å². The zero-order chi connectivity index (χ0) is 29.3. The molecule has 8 heteroatoms. The molecule has 214 valence electrons. The van der Waals surface area contributed by atoms with Crippen molar-refractivity contribution >= 4 is 35.2 Å². The lowest BCUT2D eigenvalue weighted by Gasteiger charge is -2.36. The Morgan fingerprint density at radius 3 is 2.18 bits per heavy atom. The number of hydrogen-bond donors (Lipinski definition) is 2. The highest BCUT2D eigenvalue weighted by Gasteiger charge is 2.38. The second kappa shape index (κ2) is 14.4. The van der Waals surface area contributed by atoms with E-state index in [1.54, 1.807) is 31.7 Å². The summed E-state index contributed by atoms with van der Waals surface area (Å²) in [5.41, 5.74) is 2.20. The molecule has 0 saturated carbocycles. The monoisotopic (exact) mass is 557 g/mol. The minimum Gasteiger partial charge on any atom is -0.444 e. The summed E-state index contributed by atoms with van der Waals surface area (Å²) in [4.78, 5) is 42.6. The van der Waals surface area contributed by atoms with Crippen LogP contribution in [0.25, 0.3) is 0 Å². The molecule has 2 atom stereocenters. The molecule has 2 N–H and O–H groups in total. The molecule has 0 radical (unpaired) electrons. The van der Waals surface area contributed by atoms with Gasteiger partial charge in [0.2, 0.25) is 5.91 Å². The summed E-state index contributed by atoms with van der Waals surface area (Å²) in [6.07, 6.45) is 1.87. The van der Waals surface area contributed by atoms with Crippen molar-refractivity contribution in [1.29, 1.82) is 0 Å². The molecular formula is C31H44ClN3O4. The van der Waals surface area contributed by atoms with Gasteiger partial charge in [-0.1, -0.05) is 81.6 Å². The number of carbonyl (C=O) groups is 3. The molecule has 0 fully saturated rings. The first kappa shape index (κ1) is 32.2. The largest absolute Gasteiger partial charge is 0.444 e. The van der Waals surface area contributed by atoms with Crippen molar-refractivity contribution in [1.82, 2.24) is 10.2 Å². The number of anilines is 1. The van der Waals surface area contributed by atoms with Gasteiger partial charge in [0, 0.05) is 6.54 Å². The number of alkyl carbamates (subject to hydrolysis) is 1. The van der Waals surface area contributed by atoms with Crippen LogP contribution in [0.1, 0.15) is 83.5 Å². The third-order valence-corrected chi connectivity index (χ3v) is 6.72. The Kier molecular flexibility index (Phi) is 11.8. The van der Waals surface area contributed by atoms with Gasteiger partial charge in [-0.25, -0.2) is 4.79 Å². The first-order chi connectivity index (χ1) is 18.3. The summed E-state index contributed by atoms with van der Waals surface area (Å²) in [6, 6.07) is 11.1. The summed E-state index contributed by atoms with van der Waals surface area (Å²) in [5.74, 6) is -0.957. The molecule has 0 aliphatic carbocycles. The third-order valence-electron chi connectivity index (χ3n) is 6.40. The van der Waals surface area contributed by atoms with Gasteiger partial charge in [-0.05, 0) is 69.7 Å². The van der Waals surface area contributed by atoms with Gasteiger partial charge in [-0.2, -0.15) is 0 Å². The predicted molar refractivity (Wildman–Crippen MR) is 158 cm³/mol. The van der Waals surface area contributed by atoms with E-state index in [0.717, 1.165) is 24.0 Å². The van der Waals surface area contributed by atoms with E-state index in [4.69, 9.17) is 16.3 Å². The van der Waals surface area contributed by atoms with Crippen molar-refractivity contribution in [3.8, 4) is 0 Å². The maximum Gasteiger partial charge on any atom is 0.408 e. The van der Waals surface area contributed by atoms with Gasteiger partial charge >= 0.3 is 6.09 Å². The van der Waals surface area contributed by atoms with Crippen LogP contribution in [0.5, 0.6) is 0 Å². The predicted octanol–water partition coefficient (Wildman–Crippen LogP) is 7.20. The van der Waals surface area contributed by atoms with Crippen LogP contribution in [-0.2, 0) is 14.3 Å². The second-order valence-corrected chi connectivity index (χ2v) is 11.7. The Morgan fingerprint density at radius 2 is 1.62 bits per heavy atom. The Bertz CT molecular complexity index is 1120. The molecule has 0 spiro atoms. The Balaban J connectivity index is 2.58. The number of aryl methyl sites for hydroxylation is 2. The van der Waals surface area contributed by atoms with Gasteiger partial charge in [0.1, 0.15) is 17.7 Å². The fourth-order valence-corrected chi connectivity index (χ4v) is 4.62. The van der Waals surface area contributed by atoms with Gasteiger partial charge in [-0.3, -0.25) is 9.59 Å². The number of hydrogen-bond acceptors (Lipinski definition) is 4. The smallest absolute Gasteiger partial charge is 0.408 e. The summed E-state index contributed by atoms with van der Waals surface area (Å²) in [7, 11) is 0. The van der Waals surface area contributed by atoms with E-state index < -0.39 is 23.8 Å². The Labute approximate surface area is 238 Å². The first-order valence-electron chi connectivity index (χ1n) is 13.7. The highest BCUT2D eigenvalue weighted by molar-refractivity contribution is 6.34. The molecule has 2 aromatic carbocycles. The molecule has 2 unspecified atom stereocenters. The number of unbranched alkanes of at least 4 members (excludes halogenated alkanes) is 2. The molecule has 0 aliphatic heterocycles. The summed E-state index contributed by atoms with van der Waals surface area (Å²) < 4.78 is 5.45. The molecule has 39 heavy (non-hydrogen) atoms. The minimum atomic E-state index is -0.937. The highest BCUT2D eigenvalue weighted by Crippen LogP contribution is 2.31. The number of carbonyl (C=O) groups excluding carboxylic acids is 3. The van der Waals surface area contributed by atoms with Crippen molar-refractivity contribution in [3.63, 3.8) is 0 Å². The number of ether oxygens (including phenoxy) is 1. The van der Waals surface area contributed by atoms with E-state index in [1.807, 2.05) is 64.1 Å². The van der Waals surface area contributed by atoms with Gasteiger partial charge in [0.15, 0.2) is 0 Å². The van der Waals surface area contributed by atoms with Crippen molar-refractivity contribution in [2.45, 2.75) is 92.3 Å². The normalized spacial score (nSPS) is 13.0. The summed E-state index contributed by atoms with van der Waals surface area (Å²) in [6.45, 7) is 15.2. The van der Waals surface area contributed by atoms with Crippen molar-refractivity contribution in [2.75, 3.05) is 11.9 Å². The van der Waals surface area contributed by atoms with Gasteiger partial charge in [0.25, 0.3) is 5.91 Å². The quantitative estimate of drug-likeness (QED) is 0.286. The first-order valence-corrected chi connectivity index (χ1v) is 14.1. The van der Waals surface area contributed by atoms with E-state index >= 15 is 0 Å². The number of benzene rings is 2. The highest BCUT2D eigenvalue weighted by atomic mass is 35.5. The van der Waals surface area contributed by atoms with Crippen molar-refractivity contribution in [2.24, 2.45) is 5.92 Å². The van der Waals surface area contributed by atoms with Crippen LogP contribution < -0.4 is 10.6 Å². The molecule has 2 rings (SSSR count). The average molecular weight is 558 g/mol. The second-order valence-electron chi connectivity index (χ2n) is 11.3. The number of nitrogens with zero attached hydrogens (tertiary/aromatic N) is 1. The minimum absolute atomic E-state index is 0.245. The van der Waals surface area contributed by atoms with Gasteiger partial charge < -0.3 is 20.3 Å². The number of rotatable bonds is 11.